The number of H-pyrrole nitrogens is 1. The van der Waals surface area contributed by atoms with E-state index < -0.39 is 0 Å². The second kappa shape index (κ2) is 8.03. The fourth-order valence-corrected chi connectivity index (χ4v) is 3.51. The molecule has 0 radical (unpaired) electrons. The number of hydrogen-bond acceptors (Lipinski definition) is 5. The highest BCUT2D eigenvalue weighted by Crippen LogP contribution is 2.32. The number of benzene rings is 3. The molecule has 1 amide bonds. The Labute approximate surface area is 184 Å². The third kappa shape index (κ3) is 3.72. The maximum atomic E-state index is 12.5. The van der Waals surface area contributed by atoms with Gasteiger partial charge in [0, 0.05) is 16.8 Å². The van der Waals surface area contributed by atoms with Gasteiger partial charge < -0.3 is 14.5 Å². The summed E-state index contributed by atoms with van der Waals surface area (Å²) in [6.45, 7) is 2.02. The molecule has 0 aliphatic carbocycles. The largest absolute Gasteiger partial charge is 0.497 e. The molecule has 158 valence electrons. The Bertz CT molecular complexity index is 1420. The summed E-state index contributed by atoms with van der Waals surface area (Å²) >= 11 is 0. The molecule has 0 saturated heterocycles. The van der Waals surface area contributed by atoms with Gasteiger partial charge in [0.05, 0.1) is 24.6 Å². The Hall–Kier alpha value is -4.39. The molecular weight excluding hydrogens is 404 g/mol. The summed E-state index contributed by atoms with van der Waals surface area (Å²) in [5.41, 5.74) is 6.32. The minimum absolute atomic E-state index is 0.208. The maximum absolute atomic E-state index is 12.5. The zero-order chi connectivity index (χ0) is 22.1. The average molecular weight is 424 g/mol. The van der Waals surface area contributed by atoms with Gasteiger partial charge in [-0.15, -0.1) is 0 Å². The van der Waals surface area contributed by atoms with Gasteiger partial charge in [0.15, 0.2) is 5.58 Å². The van der Waals surface area contributed by atoms with Crippen molar-refractivity contribution in [2.45, 2.75) is 6.92 Å². The number of fused-ring (bicyclic) bond motifs is 1. The third-order valence-electron chi connectivity index (χ3n) is 5.18. The number of rotatable bonds is 5. The summed E-state index contributed by atoms with van der Waals surface area (Å²) in [4.78, 5) is 17.2. The number of nitrogens with zero attached hydrogens (tertiary/aromatic N) is 2. The molecule has 7 heteroatoms. The zero-order valence-electron chi connectivity index (χ0n) is 17.5. The Morgan fingerprint density at radius 2 is 1.91 bits per heavy atom. The average Bonchev–Trinajstić information content (AvgIpc) is 3.46. The summed E-state index contributed by atoms with van der Waals surface area (Å²) in [5.74, 6) is 0.930. The van der Waals surface area contributed by atoms with E-state index in [-0.39, 0.29) is 5.91 Å². The number of amides is 1. The van der Waals surface area contributed by atoms with Crippen molar-refractivity contribution in [2.24, 2.45) is 0 Å². The number of oxazole rings is 1. The highest BCUT2D eigenvalue weighted by atomic mass is 16.5. The summed E-state index contributed by atoms with van der Waals surface area (Å²) in [6.07, 6.45) is 1.70. The van der Waals surface area contributed by atoms with Crippen molar-refractivity contribution in [3.05, 3.63) is 84.1 Å². The zero-order valence-corrected chi connectivity index (χ0v) is 17.5. The van der Waals surface area contributed by atoms with Crippen LogP contribution in [0.2, 0.25) is 0 Å². The number of aromatic nitrogens is 3. The van der Waals surface area contributed by atoms with Crippen LogP contribution in [0.25, 0.3) is 33.8 Å². The molecule has 0 spiro atoms. The molecule has 0 unspecified atom stereocenters. The first-order valence-corrected chi connectivity index (χ1v) is 10.1. The number of ether oxygens (including phenoxy) is 1. The summed E-state index contributed by atoms with van der Waals surface area (Å²) in [6, 6.07) is 20.4. The van der Waals surface area contributed by atoms with Crippen molar-refractivity contribution in [1.82, 2.24) is 15.2 Å². The van der Waals surface area contributed by atoms with Gasteiger partial charge in [0.1, 0.15) is 11.3 Å². The SMILES string of the molecule is COc1cccc(C(=O)Nc2ccc(-c3[nH]ncc3-c3nc4cc(C)ccc4o3)cc2)c1. The standard InChI is InChI=1S/C25H20N4O3/c1-15-6-11-22-21(12-15)28-25(32-22)20-14-26-29-23(20)16-7-9-18(10-8-16)27-24(30)17-4-3-5-19(13-17)31-2/h3-14H,1-2H3,(H,26,29)(H,27,30). The second-order valence-corrected chi connectivity index (χ2v) is 7.41. The fraction of sp³-hybridized carbons (Fsp3) is 0.0800. The van der Waals surface area contributed by atoms with Gasteiger partial charge in [-0.3, -0.25) is 9.89 Å². The molecule has 0 atom stereocenters. The van der Waals surface area contributed by atoms with Crippen LogP contribution in [0, 0.1) is 6.92 Å². The van der Waals surface area contributed by atoms with E-state index >= 15 is 0 Å². The van der Waals surface area contributed by atoms with E-state index in [0.29, 0.717) is 22.9 Å². The van der Waals surface area contributed by atoms with Gasteiger partial charge in [-0.2, -0.15) is 5.10 Å². The summed E-state index contributed by atoms with van der Waals surface area (Å²) < 4.78 is 11.1. The van der Waals surface area contributed by atoms with E-state index in [2.05, 4.69) is 20.5 Å². The van der Waals surface area contributed by atoms with E-state index in [1.165, 1.54) is 0 Å². The molecule has 0 bridgehead atoms. The topological polar surface area (TPSA) is 93.0 Å². The van der Waals surface area contributed by atoms with Crippen LogP contribution in [0.15, 0.2) is 77.3 Å². The van der Waals surface area contributed by atoms with Crippen LogP contribution in [-0.2, 0) is 0 Å². The number of aryl methyl sites for hydroxylation is 1. The molecule has 3 aromatic carbocycles. The fourth-order valence-electron chi connectivity index (χ4n) is 3.51. The predicted molar refractivity (Wildman–Crippen MR) is 123 cm³/mol. The van der Waals surface area contributed by atoms with Crippen LogP contribution in [0.4, 0.5) is 5.69 Å². The quantitative estimate of drug-likeness (QED) is 0.391. The lowest BCUT2D eigenvalue weighted by molar-refractivity contribution is 0.102. The highest BCUT2D eigenvalue weighted by Gasteiger charge is 2.16. The normalized spacial score (nSPS) is 10.9. The van der Waals surface area contributed by atoms with Gasteiger partial charge in [0.25, 0.3) is 5.91 Å². The van der Waals surface area contributed by atoms with Gasteiger partial charge >= 0.3 is 0 Å². The monoisotopic (exact) mass is 424 g/mol. The van der Waals surface area contributed by atoms with Gasteiger partial charge in [-0.25, -0.2) is 4.98 Å². The smallest absolute Gasteiger partial charge is 0.255 e. The van der Waals surface area contributed by atoms with Gasteiger partial charge in [-0.05, 0) is 55.0 Å². The van der Waals surface area contributed by atoms with Crippen molar-refractivity contribution >= 4 is 22.7 Å². The first-order valence-electron chi connectivity index (χ1n) is 10.1. The van der Waals surface area contributed by atoms with E-state index in [1.54, 1.807) is 37.6 Å². The van der Waals surface area contributed by atoms with Crippen molar-refractivity contribution in [2.75, 3.05) is 12.4 Å². The van der Waals surface area contributed by atoms with Crippen molar-refractivity contribution < 1.29 is 13.9 Å². The lowest BCUT2D eigenvalue weighted by Crippen LogP contribution is -2.11. The number of nitrogens with one attached hydrogen (secondary N) is 2. The minimum atomic E-state index is -0.208. The maximum Gasteiger partial charge on any atom is 0.255 e. The Morgan fingerprint density at radius 1 is 1.06 bits per heavy atom. The van der Waals surface area contributed by atoms with E-state index in [4.69, 9.17) is 9.15 Å². The van der Waals surface area contributed by atoms with Crippen LogP contribution >= 0.6 is 0 Å². The molecule has 0 saturated carbocycles. The number of aromatic amines is 1. The molecule has 2 N–H and O–H groups in total. The highest BCUT2D eigenvalue weighted by molar-refractivity contribution is 6.04. The van der Waals surface area contributed by atoms with Gasteiger partial charge in [-0.1, -0.05) is 24.3 Å². The number of anilines is 1. The van der Waals surface area contributed by atoms with E-state index in [0.717, 1.165) is 33.5 Å². The molecule has 2 heterocycles. The van der Waals surface area contributed by atoms with E-state index in [1.807, 2.05) is 49.4 Å². The lowest BCUT2D eigenvalue weighted by atomic mass is 10.1. The Balaban J connectivity index is 1.39. The van der Waals surface area contributed by atoms with Crippen LogP contribution in [0.3, 0.4) is 0 Å². The number of hydrogen-bond donors (Lipinski definition) is 2. The molecule has 7 nitrogen and oxygen atoms in total. The van der Waals surface area contributed by atoms with Crippen LogP contribution in [0.1, 0.15) is 15.9 Å². The molecule has 5 aromatic rings. The van der Waals surface area contributed by atoms with Crippen molar-refractivity contribution in [3.63, 3.8) is 0 Å². The van der Waals surface area contributed by atoms with Gasteiger partial charge in [0.2, 0.25) is 5.89 Å². The summed E-state index contributed by atoms with van der Waals surface area (Å²) in [5, 5.41) is 10.1. The van der Waals surface area contributed by atoms with Crippen molar-refractivity contribution in [1.29, 1.82) is 0 Å². The van der Waals surface area contributed by atoms with Crippen LogP contribution in [0.5, 0.6) is 5.75 Å². The molecule has 32 heavy (non-hydrogen) atoms. The number of carbonyl (C=O) groups is 1. The molecule has 0 aliphatic heterocycles. The molecular formula is C25H20N4O3. The van der Waals surface area contributed by atoms with Crippen molar-refractivity contribution in [3.8, 4) is 28.5 Å². The molecule has 5 rings (SSSR count). The number of methoxy groups -OCH3 is 1. The second-order valence-electron chi connectivity index (χ2n) is 7.41. The minimum Gasteiger partial charge on any atom is -0.497 e. The third-order valence-corrected chi connectivity index (χ3v) is 5.18. The first kappa shape index (κ1) is 19.6. The Kier molecular flexibility index (Phi) is 4.91. The molecule has 0 aliphatic rings. The molecule has 0 fully saturated rings. The summed E-state index contributed by atoms with van der Waals surface area (Å²) in [7, 11) is 1.57. The predicted octanol–water partition coefficient (Wildman–Crippen LogP) is 5.45. The van der Waals surface area contributed by atoms with Crippen LogP contribution in [-0.4, -0.2) is 28.2 Å². The number of carbonyl (C=O) groups excluding carboxylic acids is 1. The Morgan fingerprint density at radius 3 is 2.72 bits per heavy atom. The van der Waals surface area contributed by atoms with E-state index in [9.17, 15) is 4.79 Å². The lowest BCUT2D eigenvalue weighted by Gasteiger charge is -2.08. The first-order chi connectivity index (χ1) is 15.6. The van der Waals surface area contributed by atoms with Crippen LogP contribution < -0.4 is 10.1 Å². The molecule has 2 aromatic heterocycles.